The van der Waals surface area contributed by atoms with Gasteiger partial charge in [0, 0.05) is 17.8 Å². The highest BCUT2D eigenvalue weighted by atomic mass is 15.1. The van der Waals surface area contributed by atoms with E-state index >= 15 is 0 Å². The number of anilines is 2. The molecular formula is C13H22N4. The predicted molar refractivity (Wildman–Crippen MR) is 70.8 cm³/mol. The second-order valence-corrected chi connectivity index (χ2v) is 4.96. The zero-order chi connectivity index (χ0) is 12.3. The van der Waals surface area contributed by atoms with Gasteiger partial charge >= 0.3 is 0 Å². The van der Waals surface area contributed by atoms with Crippen LogP contribution in [0.5, 0.6) is 0 Å². The molecule has 0 saturated heterocycles. The molecule has 1 aliphatic rings. The average molecular weight is 234 g/mol. The van der Waals surface area contributed by atoms with Crippen LogP contribution in [0.4, 0.5) is 11.8 Å². The second-order valence-electron chi connectivity index (χ2n) is 4.96. The summed E-state index contributed by atoms with van der Waals surface area (Å²) in [7, 11) is 0. The lowest BCUT2D eigenvalue weighted by molar-refractivity contribution is 0.316. The van der Waals surface area contributed by atoms with Gasteiger partial charge in [0.15, 0.2) is 0 Å². The minimum atomic E-state index is 0.349. The summed E-state index contributed by atoms with van der Waals surface area (Å²) in [6.45, 7) is 4.29. The fraction of sp³-hybridized carbons (Fsp3) is 0.692. The number of aryl methyl sites for hydroxylation is 1. The van der Waals surface area contributed by atoms with Crippen molar-refractivity contribution in [3.8, 4) is 0 Å². The fourth-order valence-electron chi connectivity index (χ4n) is 2.66. The Morgan fingerprint density at radius 1 is 1.41 bits per heavy atom. The zero-order valence-corrected chi connectivity index (χ0v) is 10.7. The standard InChI is InChI=1S/C13H22N4/c1-3-10-6-4-5-7-11(10)16-12-9(2)8-15-13(14)17-12/h8,10-11H,3-7H2,1-2H3,(H3,14,15,16,17). The normalized spacial score (nSPS) is 24.6. The lowest BCUT2D eigenvalue weighted by atomic mass is 9.83. The summed E-state index contributed by atoms with van der Waals surface area (Å²) in [6.07, 6.45) is 8.26. The minimum absolute atomic E-state index is 0.349. The summed E-state index contributed by atoms with van der Waals surface area (Å²) in [6, 6.07) is 0.543. The van der Waals surface area contributed by atoms with Crippen LogP contribution in [0.1, 0.15) is 44.6 Å². The summed E-state index contributed by atoms with van der Waals surface area (Å²) in [5.74, 6) is 2.02. The molecule has 0 spiro atoms. The minimum Gasteiger partial charge on any atom is -0.368 e. The second kappa shape index (κ2) is 5.34. The maximum atomic E-state index is 5.64. The van der Waals surface area contributed by atoms with E-state index in [0.29, 0.717) is 12.0 Å². The summed E-state index contributed by atoms with van der Waals surface area (Å²) in [5, 5.41) is 3.56. The van der Waals surface area contributed by atoms with Gasteiger partial charge in [0.2, 0.25) is 5.95 Å². The van der Waals surface area contributed by atoms with Crippen molar-refractivity contribution in [2.24, 2.45) is 5.92 Å². The lowest BCUT2D eigenvalue weighted by Gasteiger charge is -2.32. The smallest absolute Gasteiger partial charge is 0.221 e. The number of aromatic nitrogens is 2. The van der Waals surface area contributed by atoms with Gasteiger partial charge in [0.25, 0.3) is 0 Å². The van der Waals surface area contributed by atoms with Crippen LogP contribution >= 0.6 is 0 Å². The van der Waals surface area contributed by atoms with E-state index in [1.807, 2.05) is 6.92 Å². The molecule has 1 aliphatic carbocycles. The first-order valence-corrected chi connectivity index (χ1v) is 6.56. The molecule has 1 heterocycles. The van der Waals surface area contributed by atoms with Crippen molar-refractivity contribution in [1.82, 2.24) is 9.97 Å². The molecule has 3 N–H and O–H groups in total. The molecule has 1 fully saturated rings. The van der Waals surface area contributed by atoms with E-state index in [1.165, 1.54) is 32.1 Å². The van der Waals surface area contributed by atoms with E-state index < -0.39 is 0 Å². The van der Waals surface area contributed by atoms with Gasteiger partial charge < -0.3 is 11.1 Å². The van der Waals surface area contributed by atoms with Crippen LogP contribution in [0.3, 0.4) is 0 Å². The molecule has 4 nitrogen and oxygen atoms in total. The molecule has 0 aliphatic heterocycles. The van der Waals surface area contributed by atoms with Crippen LogP contribution in [-0.4, -0.2) is 16.0 Å². The monoisotopic (exact) mass is 234 g/mol. The largest absolute Gasteiger partial charge is 0.368 e. The van der Waals surface area contributed by atoms with Crippen molar-refractivity contribution < 1.29 is 0 Å². The number of nitrogens with one attached hydrogen (secondary N) is 1. The first-order chi connectivity index (χ1) is 8.20. The first-order valence-electron chi connectivity index (χ1n) is 6.56. The molecule has 94 valence electrons. The van der Waals surface area contributed by atoms with Crippen LogP contribution in [0.2, 0.25) is 0 Å². The van der Waals surface area contributed by atoms with Crippen LogP contribution in [0.15, 0.2) is 6.20 Å². The first kappa shape index (κ1) is 12.1. The van der Waals surface area contributed by atoms with E-state index in [-0.39, 0.29) is 0 Å². The third-order valence-corrected chi connectivity index (χ3v) is 3.75. The zero-order valence-electron chi connectivity index (χ0n) is 10.7. The Labute approximate surface area is 103 Å². The highest BCUT2D eigenvalue weighted by Crippen LogP contribution is 2.29. The van der Waals surface area contributed by atoms with E-state index in [9.17, 15) is 0 Å². The molecule has 17 heavy (non-hydrogen) atoms. The molecule has 0 aromatic carbocycles. The highest BCUT2D eigenvalue weighted by molar-refractivity contribution is 5.46. The Hall–Kier alpha value is -1.32. The molecule has 4 heteroatoms. The van der Waals surface area contributed by atoms with E-state index in [4.69, 9.17) is 5.73 Å². The number of nitrogens with two attached hydrogens (primary N) is 1. The number of rotatable bonds is 3. The number of nitrogens with zero attached hydrogens (tertiary/aromatic N) is 2. The van der Waals surface area contributed by atoms with Crippen molar-refractivity contribution in [2.75, 3.05) is 11.1 Å². The van der Waals surface area contributed by atoms with Gasteiger partial charge in [0.1, 0.15) is 5.82 Å². The summed E-state index contributed by atoms with van der Waals surface area (Å²) >= 11 is 0. The molecule has 0 amide bonds. The molecule has 2 atom stereocenters. The van der Waals surface area contributed by atoms with Gasteiger partial charge in [-0.15, -0.1) is 0 Å². The van der Waals surface area contributed by atoms with Crippen LogP contribution in [0.25, 0.3) is 0 Å². The van der Waals surface area contributed by atoms with E-state index in [1.54, 1.807) is 6.20 Å². The third kappa shape index (κ3) is 2.87. The quantitative estimate of drug-likeness (QED) is 0.844. The van der Waals surface area contributed by atoms with Crippen molar-refractivity contribution in [3.05, 3.63) is 11.8 Å². The number of hydrogen-bond acceptors (Lipinski definition) is 4. The van der Waals surface area contributed by atoms with Crippen LogP contribution in [-0.2, 0) is 0 Å². The summed E-state index contributed by atoms with van der Waals surface area (Å²) in [4.78, 5) is 8.29. The van der Waals surface area contributed by atoms with Gasteiger partial charge in [-0.3, -0.25) is 0 Å². The van der Waals surface area contributed by atoms with Gasteiger partial charge in [-0.2, -0.15) is 4.98 Å². The predicted octanol–water partition coefficient (Wildman–Crippen LogP) is 2.75. The molecule has 1 aromatic heterocycles. The maximum Gasteiger partial charge on any atom is 0.221 e. The summed E-state index contributed by atoms with van der Waals surface area (Å²) in [5.41, 5.74) is 6.71. The Balaban J connectivity index is 2.10. The van der Waals surface area contributed by atoms with Gasteiger partial charge in [-0.05, 0) is 25.7 Å². The van der Waals surface area contributed by atoms with Crippen molar-refractivity contribution >= 4 is 11.8 Å². The Bertz CT molecular complexity index is 378. The van der Waals surface area contributed by atoms with Crippen LogP contribution in [0, 0.1) is 12.8 Å². The van der Waals surface area contributed by atoms with E-state index in [0.717, 1.165) is 17.3 Å². The molecule has 1 saturated carbocycles. The SMILES string of the molecule is CCC1CCCCC1Nc1nc(N)ncc1C. The fourth-order valence-corrected chi connectivity index (χ4v) is 2.66. The highest BCUT2D eigenvalue weighted by Gasteiger charge is 2.24. The number of hydrogen-bond donors (Lipinski definition) is 2. The maximum absolute atomic E-state index is 5.64. The Morgan fingerprint density at radius 2 is 2.18 bits per heavy atom. The van der Waals surface area contributed by atoms with Gasteiger partial charge in [0.05, 0.1) is 0 Å². The average Bonchev–Trinajstić information content (AvgIpc) is 2.34. The topological polar surface area (TPSA) is 63.8 Å². The van der Waals surface area contributed by atoms with Crippen molar-refractivity contribution in [2.45, 2.75) is 52.0 Å². The molecular weight excluding hydrogens is 212 g/mol. The molecule has 0 bridgehead atoms. The molecule has 2 rings (SSSR count). The molecule has 0 radical (unpaired) electrons. The summed E-state index contributed by atoms with van der Waals surface area (Å²) < 4.78 is 0. The van der Waals surface area contributed by atoms with Crippen molar-refractivity contribution in [1.29, 1.82) is 0 Å². The molecule has 2 unspecified atom stereocenters. The third-order valence-electron chi connectivity index (χ3n) is 3.75. The number of nitrogen functional groups attached to an aromatic ring is 1. The van der Waals surface area contributed by atoms with Crippen LogP contribution < -0.4 is 11.1 Å². The van der Waals surface area contributed by atoms with Crippen molar-refractivity contribution in [3.63, 3.8) is 0 Å². The lowest BCUT2D eigenvalue weighted by Crippen LogP contribution is -2.32. The Kier molecular flexibility index (Phi) is 3.82. The Morgan fingerprint density at radius 3 is 2.94 bits per heavy atom. The van der Waals surface area contributed by atoms with Gasteiger partial charge in [-0.25, -0.2) is 4.98 Å². The van der Waals surface area contributed by atoms with E-state index in [2.05, 4.69) is 22.2 Å². The molecule has 1 aromatic rings. The van der Waals surface area contributed by atoms with Gasteiger partial charge in [-0.1, -0.05) is 26.2 Å².